The summed E-state index contributed by atoms with van der Waals surface area (Å²) < 4.78 is 0. The molecule has 7 heteroatoms. The number of aliphatic hydroxyl groups excluding tert-OH is 1. The van der Waals surface area contributed by atoms with Gasteiger partial charge in [0.25, 0.3) is 11.8 Å². The highest BCUT2D eigenvalue weighted by atomic mass is 16.3. The SMILES string of the molecule is CC(CO)CCc1ccc2c(c1)C(=O)N(C1CCC(=O)NC1=O)C2=O. The zero-order chi connectivity index (χ0) is 18.1. The van der Waals surface area contributed by atoms with Crippen molar-refractivity contribution in [2.45, 2.75) is 38.6 Å². The number of aryl methyl sites for hydroxylation is 1. The van der Waals surface area contributed by atoms with Gasteiger partial charge in [0, 0.05) is 13.0 Å². The second kappa shape index (κ2) is 6.76. The maximum absolute atomic E-state index is 12.7. The highest BCUT2D eigenvalue weighted by molar-refractivity contribution is 6.23. The normalized spacial score (nSPS) is 21.4. The van der Waals surface area contributed by atoms with Crippen molar-refractivity contribution in [3.8, 4) is 0 Å². The fourth-order valence-corrected chi connectivity index (χ4v) is 3.18. The number of aliphatic hydroxyl groups is 1. The van der Waals surface area contributed by atoms with Gasteiger partial charge in [-0.25, -0.2) is 0 Å². The molecule has 1 fully saturated rings. The summed E-state index contributed by atoms with van der Waals surface area (Å²) in [5, 5.41) is 11.3. The van der Waals surface area contributed by atoms with Crippen molar-refractivity contribution in [1.82, 2.24) is 10.2 Å². The van der Waals surface area contributed by atoms with Gasteiger partial charge in [0.1, 0.15) is 6.04 Å². The van der Waals surface area contributed by atoms with Crippen molar-refractivity contribution in [2.75, 3.05) is 6.61 Å². The summed E-state index contributed by atoms with van der Waals surface area (Å²) in [6.07, 6.45) is 1.72. The van der Waals surface area contributed by atoms with Crippen molar-refractivity contribution in [3.63, 3.8) is 0 Å². The fourth-order valence-electron chi connectivity index (χ4n) is 3.18. The van der Waals surface area contributed by atoms with Gasteiger partial charge >= 0.3 is 0 Å². The van der Waals surface area contributed by atoms with E-state index in [4.69, 9.17) is 5.11 Å². The van der Waals surface area contributed by atoms with E-state index in [2.05, 4.69) is 5.32 Å². The van der Waals surface area contributed by atoms with Crippen molar-refractivity contribution in [3.05, 3.63) is 34.9 Å². The second-order valence-electron chi connectivity index (χ2n) is 6.65. The van der Waals surface area contributed by atoms with Crippen LogP contribution < -0.4 is 5.32 Å². The zero-order valence-electron chi connectivity index (χ0n) is 13.9. The molecule has 4 amide bonds. The molecule has 2 heterocycles. The maximum atomic E-state index is 12.7. The van der Waals surface area contributed by atoms with E-state index in [0.29, 0.717) is 12.0 Å². The number of hydrogen-bond donors (Lipinski definition) is 2. The number of rotatable bonds is 5. The molecule has 0 radical (unpaired) electrons. The molecule has 7 nitrogen and oxygen atoms in total. The van der Waals surface area contributed by atoms with Crippen molar-refractivity contribution < 1.29 is 24.3 Å². The van der Waals surface area contributed by atoms with E-state index >= 15 is 0 Å². The van der Waals surface area contributed by atoms with E-state index in [1.807, 2.05) is 6.92 Å². The van der Waals surface area contributed by atoms with Crippen LogP contribution in [0.1, 0.15) is 52.5 Å². The predicted octanol–water partition coefficient (Wildman–Crippen LogP) is 0.649. The molecule has 2 N–H and O–H groups in total. The lowest BCUT2D eigenvalue weighted by atomic mass is 9.98. The van der Waals surface area contributed by atoms with Crippen molar-refractivity contribution in [1.29, 1.82) is 0 Å². The van der Waals surface area contributed by atoms with Crippen LogP contribution >= 0.6 is 0 Å². The van der Waals surface area contributed by atoms with Crippen LogP contribution in [0.15, 0.2) is 18.2 Å². The Labute approximate surface area is 145 Å². The summed E-state index contributed by atoms with van der Waals surface area (Å²) >= 11 is 0. The molecule has 25 heavy (non-hydrogen) atoms. The van der Waals surface area contributed by atoms with Gasteiger partial charge in [0.2, 0.25) is 11.8 Å². The molecule has 2 aliphatic heterocycles. The highest BCUT2D eigenvalue weighted by Crippen LogP contribution is 2.28. The third-order valence-corrected chi connectivity index (χ3v) is 4.74. The van der Waals surface area contributed by atoms with Crippen LogP contribution in [0.5, 0.6) is 0 Å². The van der Waals surface area contributed by atoms with E-state index in [9.17, 15) is 19.2 Å². The van der Waals surface area contributed by atoms with Crippen LogP contribution in [0.25, 0.3) is 0 Å². The molecule has 3 rings (SSSR count). The smallest absolute Gasteiger partial charge is 0.262 e. The van der Waals surface area contributed by atoms with Crippen LogP contribution in [0.2, 0.25) is 0 Å². The van der Waals surface area contributed by atoms with Gasteiger partial charge in [0.05, 0.1) is 11.1 Å². The molecule has 0 aromatic heterocycles. The van der Waals surface area contributed by atoms with E-state index in [1.54, 1.807) is 18.2 Å². The van der Waals surface area contributed by atoms with Crippen LogP contribution in [-0.4, -0.2) is 46.3 Å². The van der Waals surface area contributed by atoms with E-state index in [-0.39, 0.29) is 30.9 Å². The Kier molecular flexibility index (Phi) is 4.67. The van der Waals surface area contributed by atoms with Crippen LogP contribution in [-0.2, 0) is 16.0 Å². The summed E-state index contributed by atoms with van der Waals surface area (Å²) in [6.45, 7) is 2.04. The lowest BCUT2D eigenvalue weighted by molar-refractivity contribution is -0.136. The molecule has 2 unspecified atom stereocenters. The third kappa shape index (κ3) is 3.19. The molecular weight excluding hydrogens is 324 g/mol. The number of amides is 4. The first-order valence-electron chi connectivity index (χ1n) is 8.37. The van der Waals surface area contributed by atoms with Crippen LogP contribution in [0.4, 0.5) is 0 Å². The lowest BCUT2D eigenvalue weighted by Crippen LogP contribution is -2.54. The quantitative estimate of drug-likeness (QED) is 0.763. The number of nitrogens with one attached hydrogen (secondary N) is 1. The van der Waals surface area contributed by atoms with Gasteiger partial charge in [-0.3, -0.25) is 29.4 Å². The first kappa shape index (κ1) is 17.3. The van der Waals surface area contributed by atoms with Crippen molar-refractivity contribution in [2.24, 2.45) is 5.92 Å². The first-order chi connectivity index (χ1) is 11.9. The molecule has 132 valence electrons. The Morgan fingerprint density at radius 3 is 2.60 bits per heavy atom. The van der Waals surface area contributed by atoms with Gasteiger partial charge in [0.15, 0.2) is 0 Å². The molecule has 2 aliphatic rings. The van der Waals surface area contributed by atoms with Gasteiger partial charge in [-0.15, -0.1) is 0 Å². The largest absolute Gasteiger partial charge is 0.396 e. The molecule has 1 saturated heterocycles. The van der Waals surface area contributed by atoms with Crippen LogP contribution in [0, 0.1) is 5.92 Å². The monoisotopic (exact) mass is 344 g/mol. The molecule has 0 spiro atoms. The highest BCUT2D eigenvalue weighted by Gasteiger charge is 2.44. The Morgan fingerprint density at radius 1 is 1.20 bits per heavy atom. The summed E-state index contributed by atoms with van der Waals surface area (Å²) in [6, 6.07) is 4.15. The van der Waals surface area contributed by atoms with E-state index < -0.39 is 29.7 Å². The average molecular weight is 344 g/mol. The van der Waals surface area contributed by atoms with Gasteiger partial charge < -0.3 is 5.11 Å². The zero-order valence-corrected chi connectivity index (χ0v) is 13.9. The Morgan fingerprint density at radius 2 is 1.92 bits per heavy atom. The summed E-state index contributed by atoms with van der Waals surface area (Å²) in [4.78, 5) is 49.5. The number of carbonyl (C=O) groups excluding carboxylic acids is 4. The minimum atomic E-state index is -0.942. The van der Waals surface area contributed by atoms with Crippen molar-refractivity contribution >= 4 is 23.6 Å². The van der Waals surface area contributed by atoms with Gasteiger partial charge in [-0.1, -0.05) is 13.0 Å². The molecule has 0 saturated carbocycles. The number of fused-ring (bicyclic) bond motifs is 1. The van der Waals surface area contributed by atoms with Crippen LogP contribution in [0.3, 0.4) is 0 Å². The molecule has 0 aliphatic carbocycles. The third-order valence-electron chi connectivity index (χ3n) is 4.74. The fraction of sp³-hybridized carbons (Fsp3) is 0.444. The average Bonchev–Trinajstić information content (AvgIpc) is 2.84. The minimum Gasteiger partial charge on any atom is -0.396 e. The molecule has 2 atom stereocenters. The molecular formula is C18H20N2O5. The lowest BCUT2D eigenvalue weighted by Gasteiger charge is -2.27. The standard InChI is InChI=1S/C18H20N2O5/c1-10(9-21)2-3-11-4-5-12-13(8-11)18(25)20(17(12)24)14-6-7-15(22)19-16(14)23/h4-5,8,10,14,21H,2-3,6-7,9H2,1H3,(H,19,22,23). The first-order valence-corrected chi connectivity index (χ1v) is 8.37. The summed E-state index contributed by atoms with van der Waals surface area (Å²) in [5.74, 6) is -1.83. The predicted molar refractivity (Wildman–Crippen MR) is 87.7 cm³/mol. The summed E-state index contributed by atoms with van der Waals surface area (Å²) in [7, 11) is 0. The molecule has 1 aromatic carbocycles. The summed E-state index contributed by atoms with van der Waals surface area (Å²) in [5.41, 5.74) is 1.49. The molecule has 1 aromatic rings. The number of hydrogen-bond acceptors (Lipinski definition) is 5. The number of piperidine rings is 1. The maximum Gasteiger partial charge on any atom is 0.262 e. The van der Waals surface area contributed by atoms with Gasteiger partial charge in [-0.2, -0.15) is 0 Å². The Balaban J connectivity index is 1.82. The topological polar surface area (TPSA) is 104 Å². The van der Waals surface area contributed by atoms with E-state index in [0.717, 1.165) is 16.9 Å². The number of imide groups is 2. The number of benzene rings is 1. The minimum absolute atomic E-state index is 0.103. The van der Waals surface area contributed by atoms with E-state index in [1.165, 1.54) is 0 Å². The van der Waals surface area contributed by atoms with Gasteiger partial charge in [-0.05, 0) is 42.9 Å². The Bertz CT molecular complexity index is 758. The Hall–Kier alpha value is -2.54. The second-order valence-corrected chi connectivity index (χ2v) is 6.65. The number of nitrogens with zero attached hydrogens (tertiary/aromatic N) is 1. The number of carbonyl (C=O) groups is 4. The molecule has 0 bridgehead atoms.